The number of carbonyl (C=O) groups excluding carboxylic acids is 1. The molecule has 0 spiro atoms. The van der Waals surface area contributed by atoms with Crippen molar-refractivity contribution in [1.29, 1.82) is 0 Å². The number of rotatable bonds is 7. The molecule has 21 heavy (non-hydrogen) atoms. The van der Waals surface area contributed by atoms with Crippen molar-refractivity contribution in [2.24, 2.45) is 5.92 Å². The number of hydrogen-bond acceptors (Lipinski definition) is 3. The maximum atomic E-state index is 13.8. The van der Waals surface area contributed by atoms with Crippen molar-refractivity contribution in [2.75, 3.05) is 12.5 Å². The summed E-state index contributed by atoms with van der Waals surface area (Å²) < 4.78 is 51.6. The Bertz CT molecular complexity index is 563. The summed E-state index contributed by atoms with van der Waals surface area (Å²) >= 11 is -2.25. The van der Waals surface area contributed by atoms with Crippen molar-refractivity contribution in [3.05, 3.63) is 29.3 Å². The Hall–Kier alpha value is -1.54. The van der Waals surface area contributed by atoms with Gasteiger partial charge in [-0.05, 0) is 18.4 Å². The zero-order valence-electron chi connectivity index (χ0n) is 11.1. The van der Waals surface area contributed by atoms with Gasteiger partial charge in [0.15, 0.2) is 22.6 Å². The van der Waals surface area contributed by atoms with E-state index < -0.39 is 40.1 Å². The summed E-state index contributed by atoms with van der Waals surface area (Å²) in [5, 5.41) is 2.02. The van der Waals surface area contributed by atoms with Crippen LogP contribution in [-0.2, 0) is 11.1 Å². The molecule has 1 aliphatic carbocycles. The van der Waals surface area contributed by atoms with E-state index in [0.717, 1.165) is 31.4 Å². The topological polar surface area (TPSA) is 75.6 Å². The van der Waals surface area contributed by atoms with Gasteiger partial charge in [-0.15, -0.1) is 0 Å². The fraction of sp³-hybridized carbons (Fsp3) is 0.462. The molecule has 0 aliphatic heterocycles. The lowest BCUT2D eigenvalue weighted by Crippen LogP contribution is -2.27. The summed E-state index contributed by atoms with van der Waals surface area (Å²) in [5.74, 6) is -2.93. The van der Waals surface area contributed by atoms with Crippen LogP contribution in [0.15, 0.2) is 12.1 Å². The van der Waals surface area contributed by atoms with Gasteiger partial charge in [0.1, 0.15) is 11.7 Å². The van der Waals surface area contributed by atoms with E-state index in [1.54, 1.807) is 0 Å². The Morgan fingerprint density at radius 1 is 1.38 bits per heavy atom. The van der Waals surface area contributed by atoms with Crippen LogP contribution in [0.1, 0.15) is 29.6 Å². The molecule has 1 atom stereocenters. The Kier molecular flexibility index (Phi) is 5.24. The molecule has 2 rings (SSSR count). The Labute approximate surface area is 123 Å². The van der Waals surface area contributed by atoms with Gasteiger partial charge in [-0.1, -0.05) is 12.8 Å². The van der Waals surface area contributed by atoms with E-state index >= 15 is 0 Å². The first-order chi connectivity index (χ1) is 9.97. The van der Waals surface area contributed by atoms with Gasteiger partial charge in [0, 0.05) is 6.07 Å². The monoisotopic (exact) mass is 319 g/mol. The lowest BCUT2D eigenvalue weighted by atomic mass is 10.2. The number of amides is 1. The van der Waals surface area contributed by atoms with E-state index in [9.17, 15) is 17.8 Å². The third-order valence-corrected chi connectivity index (χ3v) is 3.49. The average Bonchev–Trinajstić information content (AvgIpc) is 3.23. The van der Waals surface area contributed by atoms with Crippen LogP contribution in [0, 0.1) is 17.6 Å². The van der Waals surface area contributed by atoms with Gasteiger partial charge in [-0.2, -0.15) is 0 Å². The molecule has 0 bridgehead atoms. The van der Waals surface area contributed by atoms with Crippen molar-refractivity contribution in [3.8, 4) is 5.75 Å². The number of carbonyl (C=O) groups is 1. The molecule has 0 radical (unpaired) electrons. The van der Waals surface area contributed by atoms with Crippen molar-refractivity contribution < 1.29 is 27.1 Å². The summed E-state index contributed by atoms with van der Waals surface area (Å²) in [6, 6.07) is 1.53. The van der Waals surface area contributed by atoms with Gasteiger partial charge < -0.3 is 14.6 Å². The first-order valence-electron chi connectivity index (χ1n) is 6.45. The highest BCUT2D eigenvalue weighted by Gasteiger charge is 2.22. The first-order valence-corrected chi connectivity index (χ1v) is 7.72. The molecule has 1 unspecified atom stereocenters. The van der Waals surface area contributed by atoms with Gasteiger partial charge in [0.2, 0.25) is 0 Å². The summed E-state index contributed by atoms with van der Waals surface area (Å²) in [5.41, 5.74) is -0.535. The molecule has 1 aromatic rings. The van der Waals surface area contributed by atoms with Crippen LogP contribution in [0.25, 0.3) is 0 Å². The molecule has 0 heterocycles. The summed E-state index contributed by atoms with van der Waals surface area (Å²) in [6.07, 6.45) is 3.09. The Morgan fingerprint density at radius 2 is 2.10 bits per heavy atom. The standard InChI is InChI=1S/C13H15F2NO4S/c14-10-6-12(20-4-3-8-1-2-8)11(15)5-9(10)13(17)16-7-21(18)19/h5-6,8H,1-4,7H2,(H,16,17)(H,18,19). The Balaban J connectivity index is 2.00. The zero-order valence-corrected chi connectivity index (χ0v) is 11.9. The minimum atomic E-state index is -2.25. The van der Waals surface area contributed by atoms with Crippen LogP contribution in [-0.4, -0.2) is 27.2 Å². The minimum Gasteiger partial charge on any atom is -0.490 e. The second kappa shape index (κ2) is 6.95. The smallest absolute Gasteiger partial charge is 0.255 e. The molecular formula is C13H15F2NO4S. The molecule has 8 heteroatoms. The van der Waals surface area contributed by atoms with E-state index in [0.29, 0.717) is 12.5 Å². The SMILES string of the molecule is O=C(NCS(=O)O)c1cc(F)c(OCCC2CC2)cc1F. The highest BCUT2D eigenvalue weighted by Crippen LogP contribution is 2.32. The van der Waals surface area contributed by atoms with Crippen LogP contribution >= 0.6 is 0 Å². The highest BCUT2D eigenvalue weighted by atomic mass is 32.2. The third-order valence-electron chi connectivity index (χ3n) is 3.10. The fourth-order valence-electron chi connectivity index (χ4n) is 1.78. The summed E-state index contributed by atoms with van der Waals surface area (Å²) in [7, 11) is 0. The molecular weight excluding hydrogens is 304 g/mol. The van der Waals surface area contributed by atoms with Crippen LogP contribution in [0.2, 0.25) is 0 Å². The number of hydrogen-bond donors (Lipinski definition) is 2. The molecule has 0 aromatic heterocycles. The van der Waals surface area contributed by atoms with Crippen molar-refractivity contribution in [1.82, 2.24) is 5.32 Å². The molecule has 1 aromatic carbocycles. The molecule has 116 valence electrons. The second-order valence-electron chi connectivity index (χ2n) is 4.81. The van der Waals surface area contributed by atoms with Gasteiger partial charge in [0.05, 0.1) is 12.2 Å². The highest BCUT2D eigenvalue weighted by molar-refractivity contribution is 7.79. The number of halogens is 2. The van der Waals surface area contributed by atoms with Gasteiger partial charge in [0.25, 0.3) is 5.91 Å². The number of nitrogens with one attached hydrogen (secondary N) is 1. The molecule has 2 N–H and O–H groups in total. The second-order valence-corrected chi connectivity index (χ2v) is 5.75. The van der Waals surface area contributed by atoms with Gasteiger partial charge in [-0.3, -0.25) is 4.79 Å². The maximum absolute atomic E-state index is 13.8. The molecule has 1 amide bonds. The first kappa shape index (κ1) is 15.8. The average molecular weight is 319 g/mol. The van der Waals surface area contributed by atoms with Crippen molar-refractivity contribution in [3.63, 3.8) is 0 Å². The molecule has 0 saturated heterocycles. The van der Waals surface area contributed by atoms with Crippen LogP contribution < -0.4 is 10.1 Å². The largest absolute Gasteiger partial charge is 0.490 e. The zero-order chi connectivity index (χ0) is 15.4. The van der Waals surface area contributed by atoms with Crippen LogP contribution in [0.3, 0.4) is 0 Å². The maximum Gasteiger partial charge on any atom is 0.255 e. The van der Waals surface area contributed by atoms with Crippen molar-refractivity contribution in [2.45, 2.75) is 19.3 Å². The molecule has 1 saturated carbocycles. The van der Waals surface area contributed by atoms with E-state index in [1.807, 2.05) is 5.32 Å². The lowest BCUT2D eigenvalue weighted by molar-refractivity contribution is 0.0955. The van der Waals surface area contributed by atoms with Crippen LogP contribution in [0.4, 0.5) is 8.78 Å². The molecule has 5 nitrogen and oxygen atoms in total. The fourth-order valence-corrected chi connectivity index (χ4v) is 2.03. The predicted molar refractivity (Wildman–Crippen MR) is 72.3 cm³/mol. The summed E-state index contributed by atoms with van der Waals surface area (Å²) in [4.78, 5) is 11.5. The quantitative estimate of drug-likeness (QED) is 0.754. The van der Waals surface area contributed by atoms with E-state index in [4.69, 9.17) is 9.29 Å². The third kappa shape index (κ3) is 4.75. The van der Waals surface area contributed by atoms with Crippen molar-refractivity contribution >= 4 is 17.0 Å². The van der Waals surface area contributed by atoms with E-state index in [2.05, 4.69) is 0 Å². The molecule has 1 aliphatic rings. The van der Waals surface area contributed by atoms with E-state index in [-0.39, 0.29) is 5.75 Å². The van der Waals surface area contributed by atoms with Gasteiger partial charge >= 0.3 is 0 Å². The Morgan fingerprint density at radius 3 is 2.71 bits per heavy atom. The number of benzene rings is 1. The number of ether oxygens (including phenoxy) is 1. The summed E-state index contributed by atoms with van der Waals surface area (Å²) in [6.45, 7) is 0.302. The lowest BCUT2D eigenvalue weighted by Gasteiger charge is -2.09. The van der Waals surface area contributed by atoms with Crippen LogP contribution in [0.5, 0.6) is 5.75 Å². The predicted octanol–water partition coefficient (Wildman–Crippen LogP) is 2.05. The minimum absolute atomic E-state index is 0.240. The normalized spacial score (nSPS) is 15.6. The molecule has 1 fully saturated rings. The van der Waals surface area contributed by atoms with Gasteiger partial charge in [-0.25, -0.2) is 13.0 Å². The van der Waals surface area contributed by atoms with E-state index in [1.165, 1.54) is 0 Å².